The summed E-state index contributed by atoms with van der Waals surface area (Å²) >= 11 is 6.99. The number of rotatable bonds is 0. The van der Waals surface area contributed by atoms with Crippen molar-refractivity contribution in [1.29, 1.82) is 0 Å². The van der Waals surface area contributed by atoms with E-state index in [0.717, 1.165) is 11.1 Å². The molecule has 0 aromatic heterocycles. The summed E-state index contributed by atoms with van der Waals surface area (Å²) < 4.78 is -0.489. The molecule has 13 heavy (non-hydrogen) atoms. The highest BCUT2D eigenvalue weighted by Gasteiger charge is 2.46. The van der Waals surface area contributed by atoms with Crippen LogP contribution in [-0.4, -0.2) is 10.1 Å². The van der Waals surface area contributed by atoms with E-state index in [2.05, 4.69) is 31.9 Å². The lowest BCUT2D eigenvalue weighted by Crippen LogP contribution is -2.25. The van der Waals surface area contributed by atoms with E-state index in [9.17, 15) is 4.79 Å². The van der Waals surface area contributed by atoms with Crippen molar-refractivity contribution in [2.75, 3.05) is 0 Å². The second kappa shape index (κ2) is 2.92. The van der Waals surface area contributed by atoms with Gasteiger partial charge in [0.1, 0.15) is 4.32 Å². The first-order valence-electron chi connectivity index (χ1n) is 4.02. The lowest BCUT2D eigenvalue weighted by Gasteiger charge is -2.17. The molecule has 2 atom stereocenters. The standard InChI is InChI=1S/C10H8Br2O/c1-10(12)8(11)6-4-2-3-5-7(6)9(10)13/h2-5,8H,1H3. The van der Waals surface area contributed by atoms with Crippen molar-refractivity contribution in [3.63, 3.8) is 0 Å². The maximum absolute atomic E-state index is 11.9. The third-order valence-electron chi connectivity index (χ3n) is 2.40. The van der Waals surface area contributed by atoms with Crippen LogP contribution >= 0.6 is 31.9 Å². The van der Waals surface area contributed by atoms with Crippen molar-refractivity contribution in [2.45, 2.75) is 16.1 Å². The van der Waals surface area contributed by atoms with Crippen molar-refractivity contribution in [3.05, 3.63) is 35.4 Å². The third kappa shape index (κ3) is 1.21. The Kier molecular flexibility index (Phi) is 2.11. The van der Waals surface area contributed by atoms with Crippen molar-refractivity contribution in [3.8, 4) is 0 Å². The number of carbonyl (C=O) groups is 1. The van der Waals surface area contributed by atoms with Gasteiger partial charge < -0.3 is 0 Å². The fourth-order valence-corrected chi connectivity index (χ4v) is 2.66. The fourth-order valence-electron chi connectivity index (χ4n) is 1.60. The van der Waals surface area contributed by atoms with Gasteiger partial charge >= 0.3 is 0 Å². The molecule has 1 nitrogen and oxygen atoms in total. The Morgan fingerprint density at radius 2 is 2.00 bits per heavy atom. The largest absolute Gasteiger partial charge is 0.293 e. The maximum atomic E-state index is 11.9. The molecular weight excluding hydrogens is 296 g/mol. The predicted octanol–water partition coefficient (Wildman–Crippen LogP) is 3.47. The summed E-state index contributed by atoms with van der Waals surface area (Å²) in [4.78, 5) is 11.9. The van der Waals surface area contributed by atoms with Gasteiger partial charge in [-0.05, 0) is 12.5 Å². The highest BCUT2D eigenvalue weighted by molar-refractivity contribution is 9.12. The maximum Gasteiger partial charge on any atom is 0.181 e. The fraction of sp³-hybridized carbons (Fsp3) is 0.300. The second-order valence-corrected chi connectivity index (χ2v) is 5.92. The van der Waals surface area contributed by atoms with E-state index in [-0.39, 0.29) is 10.6 Å². The minimum absolute atomic E-state index is 0.0729. The molecule has 2 rings (SSSR count). The van der Waals surface area contributed by atoms with Crippen LogP contribution in [0.2, 0.25) is 0 Å². The first-order valence-corrected chi connectivity index (χ1v) is 5.72. The molecule has 1 aromatic carbocycles. The van der Waals surface area contributed by atoms with Gasteiger partial charge in [0.05, 0.1) is 4.83 Å². The molecule has 0 fully saturated rings. The normalized spacial score (nSPS) is 31.9. The first-order chi connectivity index (χ1) is 6.05. The van der Waals surface area contributed by atoms with Crippen LogP contribution in [-0.2, 0) is 0 Å². The highest BCUT2D eigenvalue weighted by Crippen LogP contribution is 2.49. The summed E-state index contributed by atoms with van der Waals surface area (Å²) in [5.41, 5.74) is 1.90. The number of fused-ring (bicyclic) bond motifs is 1. The number of halogens is 2. The number of benzene rings is 1. The van der Waals surface area contributed by atoms with Crippen LogP contribution in [0, 0.1) is 0 Å². The van der Waals surface area contributed by atoms with E-state index in [1.807, 2.05) is 31.2 Å². The zero-order valence-corrected chi connectivity index (χ0v) is 10.2. The molecule has 0 N–H and O–H groups in total. The Morgan fingerprint density at radius 1 is 1.38 bits per heavy atom. The van der Waals surface area contributed by atoms with Crippen LogP contribution in [0.15, 0.2) is 24.3 Å². The summed E-state index contributed by atoms with van der Waals surface area (Å²) in [7, 11) is 0. The second-order valence-electron chi connectivity index (χ2n) is 3.35. The lowest BCUT2D eigenvalue weighted by molar-refractivity contribution is 0.0967. The van der Waals surface area contributed by atoms with Gasteiger partial charge in [-0.1, -0.05) is 56.1 Å². The van der Waals surface area contributed by atoms with Crippen molar-refractivity contribution in [1.82, 2.24) is 0 Å². The molecule has 1 aliphatic carbocycles. The Labute approximate surface area is 93.8 Å². The zero-order valence-electron chi connectivity index (χ0n) is 7.05. The topological polar surface area (TPSA) is 17.1 Å². The SMILES string of the molecule is CC1(Br)C(=O)c2ccccc2C1Br. The van der Waals surface area contributed by atoms with Crippen LogP contribution < -0.4 is 0 Å². The number of hydrogen-bond donors (Lipinski definition) is 0. The molecule has 0 spiro atoms. The van der Waals surface area contributed by atoms with Crippen LogP contribution in [0.1, 0.15) is 27.7 Å². The van der Waals surface area contributed by atoms with Crippen molar-refractivity contribution >= 4 is 37.6 Å². The minimum atomic E-state index is -0.489. The van der Waals surface area contributed by atoms with E-state index in [0.29, 0.717) is 0 Å². The zero-order chi connectivity index (χ0) is 9.64. The lowest BCUT2D eigenvalue weighted by atomic mass is 10.1. The van der Waals surface area contributed by atoms with Gasteiger partial charge in [0.2, 0.25) is 0 Å². The van der Waals surface area contributed by atoms with Crippen LogP contribution in [0.25, 0.3) is 0 Å². The molecular formula is C10H8Br2O. The minimum Gasteiger partial charge on any atom is -0.293 e. The molecule has 0 amide bonds. The van der Waals surface area contributed by atoms with Gasteiger partial charge in [0.15, 0.2) is 5.78 Å². The van der Waals surface area contributed by atoms with Gasteiger partial charge in [0, 0.05) is 5.56 Å². The predicted molar refractivity (Wildman–Crippen MR) is 59.8 cm³/mol. The first kappa shape index (κ1) is 9.41. The molecule has 0 radical (unpaired) electrons. The average molecular weight is 304 g/mol. The molecule has 1 aliphatic rings. The van der Waals surface area contributed by atoms with Crippen LogP contribution in [0.5, 0.6) is 0 Å². The van der Waals surface area contributed by atoms with Gasteiger partial charge in [0.25, 0.3) is 0 Å². The Bertz CT molecular complexity index is 371. The Morgan fingerprint density at radius 3 is 2.62 bits per heavy atom. The van der Waals surface area contributed by atoms with Gasteiger partial charge in [-0.15, -0.1) is 0 Å². The number of hydrogen-bond acceptors (Lipinski definition) is 1. The van der Waals surface area contributed by atoms with Crippen LogP contribution in [0.4, 0.5) is 0 Å². The molecule has 1 aromatic rings. The Hall–Kier alpha value is -0.150. The van der Waals surface area contributed by atoms with Gasteiger partial charge in [-0.3, -0.25) is 4.79 Å². The Balaban J connectivity index is 2.64. The van der Waals surface area contributed by atoms with Crippen molar-refractivity contribution in [2.24, 2.45) is 0 Å². The molecule has 3 heteroatoms. The molecule has 0 saturated heterocycles. The quantitative estimate of drug-likeness (QED) is 0.671. The summed E-state index contributed by atoms with van der Waals surface area (Å²) in [5.74, 6) is 0.157. The van der Waals surface area contributed by atoms with Gasteiger partial charge in [-0.25, -0.2) is 0 Å². The van der Waals surface area contributed by atoms with E-state index in [1.54, 1.807) is 0 Å². The summed E-state index contributed by atoms with van der Waals surface area (Å²) in [6, 6.07) is 7.71. The number of carbonyl (C=O) groups excluding carboxylic acids is 1. The molecule has 0 heterocycles. The smallest absolute Gasteiger partial charge is 0.181 e. The molecule has 2 unspecified atom stereocenters. The molecule has 0 bridgehead atoms. The molecule has 0 saturated carbocycles. The monoisotopic (exact) mass is 302 g/mol. The summed E-state index contributed by atoms with van der Waals surface area (Å²) in [6.45, 7) is 1.90. The molecule has 68 valence electrons. The van der Waals surface area contributed by atoms with Crippen LogP contribution in [0.3, 0.4) is 0 Å². The number of alkyl halides is 2. The van der Waals surface area contributed by atoms with Gasteiger partial charge in [-0.2, -0.15) is 0 Å². The average Bonchev–Trinajstić information content (AvgIpc) is 2.30. The van der Waals surface area contributed by atoms with Crippen molar-refractivity contribution < 1.29 is 4.79 Å². The van der Waals surface area contributed by atoms with E-state index < -0.39 is 4.32 Å². The number of Topliss-reactive ketones (excluding diaryl/α,β-unsaturated/α-hetero) is 1. The highest BCUT2D eigenvalue weighted by atomic mass is 79.9. The van der Waals surface area contributed by atoms with E-state index >= 15 is 0 Å². The summed E-state index contributed by atoms with van der Waals surface area (Å²) in [5, 5.41) is 0. The summed E-state index contributed by atoms with van der Waals surface area (Å²) in [6.07, 6.45) is 0. The molecule has 0 aliphatic heterocycles. The van der Waals surface area contributed by atoms with E-state index in [4.69, 9.17) is 0 Å². The number of ketones is 1. The third-order valence-corrected chi connectivity index (χ3v) is 5.24. The van der Waals surface area contributed by atoms with E-state index in [1.165, 1.54) is 0 Å².